The van der Waals surface area contributed by atoms with Gasteiger partial charge in [-0.2, -0.15) is 0 Å². The molecule has 1 aromatic heterocycles. The van der Waals surface area contributed by atoms with E-state index >= 15 is 0 Å². The lowest BCUT2D eigenvalue weighted by atomic mass is 10.2. The summed E-state index contributed by atoms with van der Waals surface area (Å²) in [5.74, 6) is 0. The van der Waals surface area contributed by atoms with E-state index in [0.717, 1.165) is 25.9 Å². The Morgan fingerprint density at radius 2 is 2.37 bits per heavy atom. The smallest absolute Gasteiger partial charge is 0.244 e. The number of likely N-dealkylation sites (tertiary alicyclic amines) is 1. The molecule has 1 aliphatic rings. The minimum Gasteiger partial charge on any atom is -0.398 e. The molecule has 106 valence electrons. The van der Waals surface area contributed by atoms with Crippen LogP contribution in [0.5, 0.6) is 0 Å². The Morgan fingerprint density at radius 1 is 1.58 bits per heavy atom. The third kappa shape index (κ3) is 3.23. The number of likely N-dealkylation sites (N-methyl/N-ethyl adjacent to an activating group) is 1. The second-order valence-corrected chi connectivity index (χ2v) is 6.43. The zero-order valence-electron chi connectivity index (χ0n) is 11.0. The molecule has 0 aliphatic carbocycles. The normalized spacial score (nSPS) is 20.8. The van der Waals surface area contributed by atoms with Crippen LogP contribution in [0.3, 0.4) is 0 Å². The molecule has 1 aliphatic heterocycles. The van der Waals surface area contributed by atoms with Crippen LogP contribution in [0.25, 0.3) is 0 Å². The molecule has 0 bridgehead atoms. The number of rotatable bonds is 5. The number of anilines is 1. The Balaban J connectivity index is 2.04. The van der Waals surface area contributed by atoms with Crippen molar-refractivity contribution in [3.05, 3.63) is 18.5 Å². The van der Waals surface area contributed by atoms with Crippen LogP contribution in [0, 0.1) is 0 Å². The van der Waals surface area contributed by atoms with Gasteiger partial charge >= 0.3 is 0 Å². The Hall–Kier alpha value is -1.18. The third-order valence-electron chi connectivity index (χ3n) is 3.52. The maximum atomic E-state index is 12.2. The topological polar surface area (TPSA) is 88.3 Å². The van der Waals surface area contributed by atoms with Crippen LogP contribution in [0.2, 0.25) is 0 Å². The van der Waals surface area contributed by atoms with Crippen molar-refractivity contribution in [2.75, 3.05) is 25.4 Å². The zero-order chi connectivity index (χ0) is 13.9. The highest BCUT2D eigenvalue weighted by Gasteiger charge is 2.25. The average molecular weight is 284 g/mol. The highest BCUT2D eigenvalue weighted by atomic mass is 32.2. The molecule has 0 saturated carbocycles. The number of nitrogens with zero attached hydrogens (tertiary/aromatic N) is 2. The van der Waals surface area contributed by atoms with Gasteiger partial charge in [0.1, 0.15) is 4.90 Å². The molecule has 1 aromatic rings. The number of hydrogen-bond acceptors (Lipinski definition) is 5. The molecule has 19 heavy (non-hydrogen) atoms. The first-order chi connectivity index (χ1) is 9.04. The molecule has 0 amide bonds. The summed E-state index contributed by atoms with van der Waals surface area (Å²) in [5.41, 5.74) is 5.90. The van der Waals surface area contributed by atoms with Crippen LogP contribution < -0.4 is 10.5 Å². The number of aromatic nitrogens is 1. The summed E-state index contributed by atoms with van der Waals surface area (Å²) in [5, 5.41) is 0. The van der Waals surface area contributed by atoms with Gasteiger partial charge in [0.15, 0.2) is 0 Å². The van der Waals surface area contributed by atoms with E-state index in [1.807, 2.05) is 0 Å². The molecule has 1 atom stereocenters. The van der Waals surface area contributed by atoms with E-state index in [9.17, 15) is 8.42 Å². The summed E-state index contributed by atoms with van der Waals surface area (Å²) in [6.07, 6.45) is 4.90. The van der Waals surface area contributed by atoms with Crippen LogP contribution in [-0.4, -0.2) is 44.0 Å². The van der Waals surface area contributed by atoms with Gasteiger partial charge in [-0.05, 0) is 32.0 Å². The molecule has 0 spiro atoms. The van der Waals surface area contributed by atoms with Crippen molar-refractivity contribution in [2.24, 2.45) is 0 Å². The summed E-state index contributed by atoms with van der Waals surface area (Å²) in [7, 11) is -3.57. The minimum atomic E-state index is -3.57. The number of nitrogens with one attached hydrogen (secondary N) is 1. The largest absolute Gasteiger partial charge is 0.398 e. The average Bonchev–Trinajstić information content (AvgIpc) is 2.84. The van der Waals surface area contributed by atoms with Crippen LogP contribution in [-0.2, 0) is 10.0 Å². The number of nitrogen functional groups attached to an aromatic ring is 1. The van der Waals surface area contributed by atoms with Crippen molar-refractivity contribution in [3.63, 3.8) is 0 Å². The molecule has 1 saturated heterocycles. The molecule has 1 fully saturated rings. The molecule has 1 unspecified atom stereocenters. The van der Waals surface area contributed by atoms with Gasteiger partial charge in [0, 0.05) is 25.0 Å². The van der Waals surface area contributed by atoms with Crippen LogP contribution in [0.1, 0.15) is 19.8 Å². The van der Waals surface area contributed by atoms with E-state index in [0.29, 0.717) is 6.54 Å². The number of pyridine rings is 1. The van der Waals surface area contributed by atoms with Crippen molar-refractivity contribution < 1.29 is 8.42 Å². The monoisotopic (exact) mass is 284 g/mol. The lowest BCUT2D eigenvalue weighted by Crippen LogP contribution is -2.40. The number of sulfonamides is 1. The summed E-state index contributed by atoms with van der Waals surface area (Å²) in [4.78, 5) is 6.15. The number of hydrogen-bond donors (Lipinski definition) is 2. The maximum Gasteiger partial charge on any atom is 0.244 e. The second-order valence-electron chi connectivity index (χ2n) is 4.69. The molecule has 0 radical (unpaired) electrons. The van der Waals surface area contributed by atoms with Crippen molar-refractivity contribution in [1.29, 1.82) is 0 Å². The molecule has 2 rings (SSSR count). The van der Waals surface area contributed by atoms with Gasteiger partial charge in [-0.25, -0.2) is 13.1 Å². The Labute approximate surface area is 114 Å². The molecule has 6 nitrogen and oxygen atoms in total. The van der Waals surface area contributed by atoms with E-state index in [2.05, 4.69) is 21.5 Å². The van der Waals surface area contributed by atoms with Crippen LogP contribution in [0.4, 0.5) is 5.69 Å². The SMILES string of the molecule is CCN1CCCC1CNS(=O)(=O)c1cnccc1N. The first kappa shape index (κ1) is 14.2. The summed E-state index contributed by atoms with van der Waals surface area (Å²) >= 11 is 0. The minimum absolute atomic E-state index is 0.0519. The van der Waals surface area contributed by atoms with Crippen molar-refractivity contribution >= 4 is 15.7 Å². The highest BCUT2D eigenvalue weighted by molar-refractivity contribution is 7.89. The Bertz CT molecular complexity index is 532. The molecular formula is C12H20N4O2S. The third-order valence-corrected chi connectivity index (χ3v) is 4.99. The fourth-order valence-electron chi connectivity index (χ4n) is 2.44. The first-order valence-electron chi connectivity index (χ1n) is 6.48. The van der Waals surface area contributed by atoms with Crippen molar-refractivity contribution in [3.8, 4) is 0 Å². The van der Waals surface area contributed by atoms with E-state index < -0.39 is 10.0 Å². The first-order valence-corrected chi connectivity index (χ1v) is 7.96. The fraction of sp³-hybridized carbons (Fsp3) is 0.583. The van der Waals surface area contributed by atoms with Gasteiger partial charge in [-0.3, -0.25) is 9.88 Å². The van der Waals surface area contributed by atoms with Crippen LogP contribution in [0.15, 0.2) is 23.4 Å². The van der Waals surface area contributed by atoms with E-state index in [1.54, 1.807) is 0 Å². The number of nitrogens with two attached hydrogens (primary N) is 1. The van der Waals surface area contributed by atoms with E-state index in [4.69, 9.17) is 5.73 Å². The van der Waals surface area contributed by atoms with Gasteiger partial charge < -0.3 is 5.73 Å². The second kappa shape index (κ2) is 5.85. The summed E-state index contributed by atoms with van der Waals surface area (Å²) < 4.78 is 26.9. The predicted molar refractivity (Wildman–Crippen MR) is 74.1 cm³/mol. The molecule has 7 heteroatoms. The molecular weight excluding hydrogens is 264 g/mol. The van der Waals surface area contributed by atoms with Crippen molar-refractivity contribution in [2.45, 2.75) is 30.7 Å². The van der Waals surface area contributed by atoms with Gasteiger partial charge in [0.05, 0.1) is 5.69 Å². The van der Waals surface area contributed by atoms with Crippen molar-refractivity contribution in [1.82, 2.24) is 14.6 Å². The van der Waals surface area contributed by atoms with E-state index in [1.165, 1.54) is 18.5 Å². The zero-order valence-corrected chi connectivity index (χ0v) is 11.9. The summed E-state index contributed by atoms with van der Waals surface area (Å²) in [6.45, 7) is 4.50. The maximum absolute atomic E-state index is 12.2. The van der Waals surface area contributed by atoms with Gasteiger partial charge in [-0.1, -0.05) is 6.92 Å². The molecule has 0 aromatic carbocycles. The van der Waals surface area contributed by atoms with E-state index in [-0.39, 0.29) is 16.6 Å². The summed E-state index contributed by atoms with van der Waals surface area (Å²) in [6, 6.07) is 1.76. The lowest BCUT2D eigenvalue weighted by Gasteiger charge is -2.22. The Kier molecular flexibility index (Phi) is 4.38. The fourth-order valence-corrected chi connectivity index (χ4v) is 3.59. The van der Waals surface area contributed by atoms with Crippen LogP contribution >= 0.6 is 0 Å². The van der Waals surface area contributed by atoms with Gasteiger partial charge in [-0.15, -0.1) is 0 Å². The highest BCUT2D eigenvalue weighted by Crippen LogP contribution is 2.18. The molecule has 2 heterocycles. The van der Waals surface area contributed by atoms with Gasteiger partial charge in [0.25, 0.3) is 0 Å². The standard InChI is InChI=1S/C12H20N4O2S/c1-2-16-7-3-4-10(16)8-15-19(17,18)12-9-14-6-5-11(12)13/h5-6,9-10,15H,2-4,7-8H2,1H3,(H2,13,14). The molecule has 3 N–H and O–H groups in total. The quantitative estimate of drug-likeness (QED) is 0.818. The predicted octanol–water partition coefficient (Wildman–Crippen LogP) is 0.426. The van der Waals surface area contributed by atoms with Gasteiger partial charge in [0.2, 0.25) is 10.0 Å². The Morgan fingerprint density at radius 3 is 3.05 bits per heavy atom. The lowest BCUT2D eigenvalue weighted by molar-refractivity contribution is 0.268.